The molecule has 10 aromatic rings. The maximum atomic E-state index is 7.27. The van der Waals surface area contributed by atoms with Crippen molar-refractivity contribution in [2.75, 3.05) is 10.6 Å². The van der Waals surface area contributed by atoms with E-state index in [9.17, 15) is 0 Å². The lowest BCUT2D eigenvalue weighted by atomic mass is 9.63. The second-order valence-electron chi connectivity index (χ2n) is 20.2. The van der Waals surface area contributed by atoms with Crippen molar-refractivity contribution in [3.8, 4) is 44.5 Å². The summed E-state index contributed by atoms with van der Waals surface area (Å²) in [5.74, 6) is 0.281. The molecule has 2 N–H and O–H groups in total. The first-order valence-electron chi connectivity index (χ1n) is 25.3. The molecule has 15 rings (SSSR count). The fourth-order valence-corrected chi connectivity index (χ4v) is 14.5. The highest BCUT2D eigenvalue weighted by molar-refractivity contribution is 6.34. The zero-order valence-corrected chi connectivity index (χ0v) is 42.2. The van der Waals surface area contributed by atoms with Crippen LogP contribution in [0.2, 0.25) is 15.1 Å². The lowest BCUT2D eigenvalue weighted by molar-refractivity contribution is 0.453. The average Bonchev–Trinajstić information content (AvgIpc) is 4.13. The third-order valence-corrected chi connectivity index (χ3v) is 17.6. The number of aliphatic imine (C=N–C) groups is 1. The third-order valence-electron chi connectivity index (χ3n) is 16.7. The minimum atomic E-state index is -0.493. The summed E-state index contributed by atoms with van der Waals surface area (Å²) in [4.78, 5) is 5.42. The van der Waals surface area contributed by atoms with Crippen molar-refractivity contribution in [1.82, 2.24) is 0 Å². The molecule has 0 amide bonds. The summed E-state index contributed by atoms with van der Waals surface area (Å²) in [5.41, 5.74) is 24.5. The van der Waals surface area contributed by atoms with Gasteiger partial charge in [0.25, 0.3) is 0 Å². The smallest absolute Gasteiger partial charge is 0.0819 e. The summed E-state index contributed by atoms with van der Waals surface area (Å²) < 4.78 is 0. The van der Waals surface area contributed by atoms with Gasteiger partial charge in [-0.3, -0.25) is 4.99 Å². The highest BCUT2D eigenvalue weighted by Gasteiger charge is 2.60. The molecular formula is C68H44Cl3N3. The largest absolute Gasteiger partial charge is 0.354 e. The molecular weight excluding hydrogens is 965 g/mol. The van der Waals surface area contributed by atoms with Gasteiger partial charge in [0.15, 0.2) is 0 Å². The number of benzene rings is 10. The standard InChI is InChI=1S/C68H44Cl3N3/c69-58-26-9-11-28-61(58)72-41-32-34-55-49(38-41)50-39-42(33-35-56(50)67(55)51-21-5-1-15-44(51)45-16-2-6-22-52(45)67)73-64-37-40(31-36-60(64)71)43-19-13-25-57-65(43)48-18-4-8-24-54(48)68(57)53-23-7-3-17-46(53)47-20-14-30-63(66(47)68)74-62-29-12-10-27-59(62)70/h1-19,21-39,47,66,72-73H,20H2. The maximum absolute atomic E-state index is 7.27. The highest BCUT2D eigenvalue weighted by Crippen LogP contribution is 2.68. The lowest BCUT2D eigenvalue weighted by Gasteiger charge is -2.39. The normalized spacial score (nSPS) is 18.8. The van der Waals surface area contributed by atoms with Gasteiger partial charge in [-0.15, -0.1) is 0 Å². The quantitative estimate of drug-likeness (QED) is 0.174. The molecule has 0 heterocycles. The molecule has 10 aromatic carbocycles. The number of hydrogen-bond donors (Lipinski definition) is 2. The van der Waals surface area contributed by atoms with Crippen LogP contribution in [0.4, 0.5) is 28.4 Å². The molecule has 74 heavy (non-hydrogen) atoms. The van der Waals surface area contributed by atoms with Crippen LogP contribution in [0.5, 0.6) is 0 Å². The van der Waals surface area contributed by atoms with E-state index in [1.54, 1.807) is 0 Å². The second kappa shape index (κ2) is 16.5. The summed E-state index contributed by atoms with van der Waals surface area (Å²) in [6.45, 7) is 0. The van der Waals surface area contributed by atoms with Gasteiger partial charge in [0.2, 0.25) is 0 Å². The lowest BCUT2D eigenvalue weighted by Crippen LogP contribution is -2.39. The number of hydrogen-bond acceptors (Lipinski definition) is 3. The number of nitrogens with one attached hydrogen (secondary N) is 2. The Morgan fingerprint density at radius 2 is 0.973 bits per heavy atom. The molecule has 5 aliphatic carbocycles. The van der Waals surface area contributed by atoms with Gasteiger partial charge in [0, 0.05) is 23.0 Å². The molecule has 0 bridgehead atoms. The maximum Gasteiger partial charge on any atom is 0.0819 e. The first-order chi connectivity index (χ1) is 36.4. The fourth-order valence-electron chi connectivity index (χ4n) is 13.9. The molecule has 0 aromatic heterocycles. The zero-order chi connectivity index (χ0) is 49.3. The summed E-state index contributed by atoms with van der Waals surface area (Å²) >= 11 is 20.8. The Morgan fingerprint density at radius 3 is 1.69 bits per heavy atom. The van der Waals surface area contributed by atoms with Crippen LogP contribution in [0.1, 0.15) is 56.8 Å². The molecule has 0 saturated carbocycles. The van der Waals surface area contributed by atoms with Crippen LogP contribution in [0, 0.1) is 5.92 Å². The van der Waals surface area contributed by atoms with Crippen LogP contribution >= 0.6 is 34.8 Å². The van der Waals surface area contributed by atoms with Gasteiger partial charge in [-0.1, -0.05) is 199 Å². The number of anilines is 4. The number of nitrogens with zero attached hydrogens (tertiary/aromatic N) is 1. The fraction of sp³-hybridized carbons (Fsp3) is 0.0735. The van der Waals surface area contributed by atoms with Crippen molar-refractivity contribution in [3.63, 3.8) is 0 Å². The molecule has 3 atom stereocenters. The molecule has 0 aliphatic heterocycles. The van der Waals surface area contributed by atoms with Crippen molar-refractivity contribution in [3.05, 3.63) is 290 Å². The topological polar surface area (TPSA) is 36.4 Å². The molecule has 0 saturated heterocycles. The van der Waals surface area contributed by atoms with Crippen molar-refractivity contribution >= 4 is 69.0 Å². The van der Waals surface area contributed by atoms with E-state index in [4.69, 9.17) is 39.8 Å². The van der Waals surface area contributed by atoms with Crippen LogP contribution in [-0.2, 0) is 10.8 Å². The molecule has 3 nitrogen and oxygen atoms in total. The van der Waals surface area contributed by atoms with Gasteiger partial charge in [-0.2, -0.15) is 0 Å². The Labute approximate surface area is 445 Å². The van der Waals surface area contributed by atoms with E-state index in [2.05, 4.69) is 187 Å². The number of fused-ring (bicyclic) bond motifs is 20. The van der Waals surface area contributed by atoms with E-state index in [0.29, 0.717) is 15.1 Å². The first kappa shape index (κ1) is 43.6. The minimum absolute atomic E-state index is 0.0412. The number of halogens is 3. The van der Waals surface area contributed by atoms with Crippen molar-refractivity contribution in [2.24, 2.45) is 10.9 Å². The summed E-state index contributed by atoms with van der Waals surface area (Å²) in [7, 11) is 0. The van der Waals surface area contributed by atoms with E-state index in [-0.39, 0.29) is 11.8 Å². The van der Waals surface area contributed by atoms with E-state index in [0.717, 1.165) is 51.7 Å². The van der Waals surface area contributed by atoms with Gasteiger partial charge in [-0.25, -0.2) is 0 Å². The molecule has 0 radical (unpaired) electrons. The third kappa shape index (κ3) is 6.06. The van der Waals surface area contributed by atoms with Crippen LogP contribution in [0.15, 0.2) is 236 Å². The molecule has 352 valence electrons. The molecule has 0 fully saturated rings. The Balaban J connectivity index is 0.868. The predicted molar refractivity (Wildman–Crippen MR) is 308 cm³/mol. The van der Waals surface area contributed by atoms with Crippen LogP contribution < -0.4 is 10.6 Å². The van der Waals surface area contributed by atoms with Gasteiger partial charge in [0.1, 0.15) is 0 Å². The van der Waals surface area contributed by atoms with Gasteiger partial charge in [-0.05, 0) is 168 Å². The number of allylic oxidation sites excluding steroid dienone is 2. The zero-order valence-electron chi connectivity index (χ0n) is 39.9. The summed E-state index contributed by atoms with van der Waals surface area (Å²) in [6, 6.07) is 78.7. The molecule has 2 spiro atoms. The van der Waals surface area contributed by atoms with Gasteiger partial charge >= 0.3 is 0 Å². The number of rotatable bonds is 6. The molecule has 6 heteroatoms. The van der Waals surface area contributed by atoms with E-state index in [1.165, 1.54) is 77.9 Å². The van der Waals surface area contributed by atoms with E-state index >= 15 is 0 Å². The van der Waals surface area contributed by atoms with Gasteiger partial charge < -0.3 is 10.6 Å². The van der Waals surface area contributed by atoms with Crippen LogP contribution in [0.3, 0.4) is 0 Å². The summed E-state index contributed by atoms with van der Waals surface area (Å²) in [5, 5.41) is 9.43. The van der Waals surface area contributed by atoms with Crippen molar-refractivity contribution in [1.29, 1.82) is 0 Å². The van der Waals surface area contributed by atoms with Crippen molar-refractivity contribution < 1.29 is 0 Å². The summed E-state index contributed by atoms with van der Waals surface area (Å²) in [6.07, 6.45) is 5.48. The number of para-hydroxylation sites is 2. The predicted octanol–water partition coefficient (Wildman–Crippen LogP) is 18.9. The Bertz CT molecular complexity index is 4050. The monoisotopic (exact) mass is 1010 g/mol. The Kier molecular flexibility index (Phi) is 9.76. The second-order valence-corrected chi connectivity index (χ2v) is 21.4. The molecule has 3 unspecified atom stereocenters. The molecule has 5 aliphatic rings. The van der Waals surface area contributed by atoms with E-state index in [1.807, 2.05) is 54.6 Å². The average molecular weight is 1010 g/mol. The van der Waals surface area contributed by atoms with Crippen molar-refractivity contribution in [2.45, 2.75) is 23.2 Å². The Hall–Kier alpha value is -7.92. The SMILES string of the molecule is Clc1ccccc1N=C1C=CCC2c3ccccc3C3(c4ccccc4-c4c(-c5ccc(Cl)c(Nc6ccc7c(c6)-c6cc(Nc8ccccc8Cl)ccc6C76c7ccccc7-c7ccccc76)c5)cccc43)C12. The highest BCUT2D eigenvalue weighted by atomic mass is 35.5. The minimum Gasteiger partial charge on any atom is -0.354 e. The van der Waals surface area contributed by atoms with Crippen LogP contribution in [-0.4, -0.2) is 5.71 Å². The van der Waals surface area contributed by atoms with E-state index < -0.39 is 10.8 Å². The first-order valence-corrected chi connectivity index (χ1v) is 26.5. The van der Waals surface area contributed by atoms with Gasteiger partial charge in [0.05, 0.1) is 43.0 Å². The van der Waals surface area contributed by atoms with Crippen LogP contribution in [0.25, 0.3) is 44.5 Å². The Morgan fingerprint density at radius 1 is 0.419 bits per heavy atom.